The van der Waals surface area contributed by atoms with Crippen molar-refractivity contribution in [2.75, 3.05) is 6.61 Å². The van der Waals surface area contributed by atoms with Crippen LogP contribution in [0, 0.1) is 0 Å². The molecular formula is C17H15ClO3. The minimum Gasteiger partial charge on any atom is -0.460 e. The molecule has 3 nitrogen and oxygen atoms in total. The summed E-state index contributed by atoms with van der Waals surface area (Å²) in [6.07, 6.45) is 1.58. The molecule has 0 aliphatic carbocycles. The Balaban J connectivity index is 2.32. The Kier molecular flexibility index (Phi) is 5.41. The first-order valence-corrected chi connectivity index (χ1v) is 6.94. The van der Waals surface area contributed by atoms with Crippen molar-refractivity contribution in [2.24, 2.45) is 0 Å². The van der Waals surface area contributed by atoms with Crippen molar-refractivity contribution in [3.05, 3.63) is 70.9 Å². The Morgan fingerprint density at radius 3 is 2.43 bits per heavy atom. The van der Waals surface area contributed by atoms with Crippen LogP contribution in [0.5, 0.6) is 5.75 Å². The predicted molar refractivity (Wildman–Crippen MR) is 83.1 cm³/mol. The highest BCUT2D eigenvalue weighted by Gasteiger charge is 2.14. The second kappa shape index (κ2) is 7.50. The van der Waals surface area contributed by atoms with Gasteiger partial charge in [-0.15, -0.1) is 0 Å². The average molecular weight is 303 g/mol. The quantitative estimate of drug-likeness (QED) is 0.469. The Hall–Kier alpha value is -2.26. The van der Waals surface area contributed by atoms with Crippen molar-refractivity contribution in [2.45, 2.75) is 6.92 Å². The first-order valence-electron chi connectivity index (χ1n) is 6.57. The van der Waals surface area contributed by atoms with E-state index in [1.165, 1.54) is 0 Å². The number of hydrogen-bond donors (Lipinski definition) is 0. The SMILES string of the molecule is CCOC(=O)/C(=C/c1ccccc1Cl)Oc1ccccc1. The summed E-state index contributed by atoms with van der Waals surface area (Å²) in [7, 11) is 0. The fourth-order valence-electron chi connectivity index (χ4n) is 1.68. The molecule has 2 rings (SSSR count). The zero-order valence-corrected chi connectivity index (χ0v) is 12.3. The number of halogens is 1. The minimum atomic E-state index is -0.527. The largest absolute Gasteiger partial charge is 0.460 e. The molecule has 2 aromatic carbocycles. The first kappa shape index (κ1) is 15.1. The number of carbonyl (C=O) groups is 1. The van der Waals surface area contributed by atoms with E-state index in [-0.39, 0.29) is 12.4 Å². The highest BCUT2D eigenvalue weighted by molar-refractivity contribution is 6.32. The lowest BCUT2D eigenvalue weighted by Crippen LogP contribution is -2.12. The Labute approximate surface area is 128 Å². The van der Waals surface area contributed by atoms with Gasteiger partial charge in [-0.25, -0.2) is 4.79 Å². The van der Waals surface area contributed by atoms with Gasteiger partial charge < -0.3 is 9.47 Å². The predicted octanol–water partition coefficient (Wildman–Crippen LogP) is 4.32. The summed E-state index contributed by atoms with van der Waals surface area (Å²) in [4.78, 5) is 12.0. The summed E-state index contributed by atoms with van der Waals surface area (Å²) in [6.45, 7) is 2.02. The van der Waals surface area contributed by atoms with Crippen molar-refractivity contribution < 1.29 is 14.3 Å². The summed E-state index contributed by atoms with van der Waals surface area (Å²) in [5.41, 5.74) is 0.693. The maximum absolute atomic E-state index is 12.0. The third kappa shape index (κ3) is 4.36. The number of benzene rings is 2. The second-order valence-electron chi connectivity index (χ2n) is 4.17. The number of ether oxygens (including phenoxy) is 2. The van der Waals surface area contributed by atoms with Crippen molar-refractivity contribution in [3.8, 4) is 5.75 Å². The van der Waals surface area contributed by atoms with Crippen LogP contribution in [0.15, 0.2) is 60.4 Å². The number of carbonyl (C=O) groups excluding carboxylic acids is 1. The molecule has 108 valence electrons. The first-order chi connectivity index (χ1) is 10.2. The zero-order chi connectivity index (χ0) is 15.1. The molecule has 21 heavy (non-hydrogen) atoms. The summed E-state index contributed by atoms with van der Waals surface area (Å²) < 4.78 is 10.6. The lowest BCUT2D eigenvalue weighted by Gasteiger charge is -2.09. The van der Waals surface area contributed by atoms with Crippen LogP contribution in [0.2, 0.25) is 5.02 Å². The second-order valence-corrected chi connectivity index (χ2v) is 4.57. The molecule has 0 amide bonds. The van der Waals surface area contributed by atoms with Gasteiger partial charge in [0.05, 0.1) is 6.61 Å². The molecule has 0 aliphatic rings. The van der Waals surface area contributed by atoms with E-state index in [0.29, 0.717) is 16.3 Å². The molecule has 0 fully saturated rings. The fourth-order valence-corrected chi connectivity index (χ4v) is 1.87. The molecule has 0 aliphatic heterocycles. The van der Waals surface area contributed by atoms with E-state index in [9.17, 15) is 4.79 Å². The van der Waals surface area contributed by atoms with E-state index in [1.54, 1.807) is 37.3 Å². The van der Waals surface area contributed by atoms with E-state index >= 15 is 0 Å². The minimum absolute atomic E-state index is 0.0937. The smallest absolute Gasteiger partial charge is 0.374 e. The van der Waals surface area contributed by atoms with Gasteiger partial charge in [0, 0.05) is 5.02 Å². The molecule has 0 radical (unpaired) electrons. The highest BCUT2D eigenvalue weighted by atomic mass is 35.5. The Morgan fingerprint density at radius 1 is 1.10 bits per heavy atom. The van der Waals surface area contributed by atoms with Gasteiger partial charge in [-0.2, -0.15) is 0 Å². The molecule has 4 heteroatoms. The average Bonchev–Trinajstić information content (AvgIpc) is 2.50. The lowest BCUT2D eigenvalue weighted by molar-refractivity contribution is -0.140. The third-order valence-electron chi connectivity index (χ3n) is 2.64. The van der Waals surface area contributed by atoms with Crippen LogP contribution < -0.4 is 4.74 Å². The molecule has 0 unspecified atom stereocenters. The van der Waals surface area contributed by atoms with E-state index in [0.717, 1.165) is 0 Å². The monoisotopic (exact) mass is 302 g/mol. The van der Waals surface area contributed by atoms with Crippen LogP contribution in [0.4, 0.5) is 0 Å². The van der Waals surface area contributed by atoms with E-state index < -0.39 is 5.97 Å². The topological polar surface area (TPSA) is 35.5 Å². The van der Waals surface area contributed by atoms with Gasteiger partial charge >= 0.3 is 5.97 Å². The normalized spacial score (nSPS) is 11.0. The number of para-hydroxylation sites is 1. The third-order valence-corrected chi connectivity index (χ3v) is 2.98. The highest BCUT2D eigenvalue weighted by Crippen LogP contribution is 2.21. The van der Waals surface area contributed by atoms with Crippen molar-refractivity contribution in [1.29, 1.82) is 0 Å². The van der Waals surface area contributed by atoms with E-state index in [2.05, 4.69) is 0 Å². The molecule has 0 aromatic heterocycles. The molecule has 0 atom stereocenters. The Bertz CT molecular complexity index is 635. The number of esters is 1. The summed E-state index contributed by atoms with van der Waals surface area (Å²) in [5.74, 6) is 0.126. The molecule has 0 spiro atoms. The molecular weight excluding hydrogens is 288 g/mol. The van der Waals surface area contributed by atoms with Crippen molar-refractivity contribution in [1.82, 2.24) is 0 Å². The summed E-state index contributed by atoms with van der Waals surface area (Å²) >= 11 is 6.10. The molecule has 0 saturated heterocycles. The van der Waals surface area contributed by atoms with Crippen LogP contribution in [0.3, 0.4) is 0 Å². The molecule has 0 heterocycles. The maximum atomic E-state index is 12.0. The van der Waals surface area contributed by atoms with Crippen LogP contribution in [0.1, 0.15) is 12.5 Å². The molecule has 0 bridgehead atoms. The van der Waals surface area contributed by atoms with Gasteiger partial charge in [-0.3, -0.25) is 0 Å². The maximum Gasteiger partial charge on any atom is 0.374 e. The summed E-state index contributed by atoms with van der Waals surface area (Å²) in [5, 5.41) is 0.538. The molecule has 0 saturated carbocycles. The van der Waals surface area contributed by atoms with Crippen LogP contribution in [0.25, 0.3) is 6.08 Å². The fraction of sp³-hybridized carbons (Fsp3) is 0.118. The molecule has 2 aromatic rings. The van der Waals surface area contributed by atoms with Gasteiger partial charge in [0.1, 0.15) is 5.75 Å². The standard InChI is InChI=1S/C17H15ClO3/c1-2-20-17(19)16(21-14-9-4-3-5-10-14)12-13-8-6-7-11-15(13)18/h3-12H,2H2,1H3/b16-12-. The van der Waals surface area contributed by atoms with Gasteiger partial charge in [-0.1, -0.05) is 48.0 Å². The lowest BCUT2D eigenvalue weighted by atomic mass is 10.2. The summed E-state index contributed by atoms with van der Waals surface area (Å²) in [6, 6.07) is 16.3. The van der Waals surface area contributed by atoms with Crippen LogP contribution in [-0.2, 0) is 9.53 Å². The van der Waals surface area contributed by atoms with Gasteiger partial charge in [-0.05, 0) is 36.8 Å². The van der Waals surface area contributed by atoms with Crippen molar-refractivity contribution in [3.63, 3.8) is 0 Å². The van der Waals surface area contributed by atoms with Crippen LogP contribution >= 0.6 is 11.6 Å². The molecule has 0 N–H and O–H groups in total. The van der Waals surface area contributed by atoms with Crippen molar-refractivity contribution >= 4 is 23.6 Å². The van der Waals surface area contributed by atoms with Gasteiger partial charge in [0.25, 0.3) is 0 Å². The van der Waals surface area contributed by atoms with E-state index in [1.807, 2.05) is 30.3 Å². The number of rotatable bonds is 5. The zero-order valence-electron chi connectivity index (χ0n) is 11.6. The van der Waals surface area contributed by atoms with E-state index in [4.69, 9.17) is 21.1 Å². The van der Waals surface area contributed by atoms with Gasteiger partial charge in [0.2, 0.25) is 5.76 Å². The number of hydrogen-bond acceptors (Lipinski definition) is 3. The van der Waals surface area contributed by atoms with Gasteiger partial charge in [0.15, 0.2) is 0 Å². The Morgan fingerprint density at radius 2 is 1.76 bits per heavy atom. The van der Waals surface area contributed by atoms with Crippen LogP contribution in [-0.4, -0.2) is 12.6 Å².